The molecule has 136 valence electrons. The van der Waals surface area contributed by atoms with Crippen LogP contribution in [0, 0.1) is 0 Å². The molecule has 1 saturated heterocycles. The number of anilines is 1. The summed E-state index contributed by atoms with van der Waals surface area (Å²) in [4.78, 5) is 36.4. The van der Waals surface area contributed by atoms with Crippen molar-refractivity contribution < 1.29 is 32.3 Å². The summed E-state index contributed by atoms with van der Waals surface area (Å²) >= 11 is 0. The summed E-state index contributed by atoms with van der Waals surface area (Å²) in [5, 5.41) is 4.89. The zero-order valence-electron chi connectivity index (χ0n) is 13.4. The molecule has 1 fully saturated rings. The van der Waals surface area contributed by atoms with Gasteiger partial charge in [0, 0.05) is 5.69 Å². The summed E-state index contributed by atoms with van der Waals surface area (Å²) in [6, 6.07) is 4.55. The van der Waals surface area contributed by atoms with Gasteiger partial charge in [0.1, 0.15) is 17.8 Å². The lowest BCUT2D eigenvalue weighted by Crippen LogP contribution is -2.41. The van der Waals surface area contributed by atoms with Crippen molar-refractivity contribution in [2.75, 3.05) is 18.5 Å². The van der Waals surface area contributed by atoms with Gasteiger partial charge < -0.3 is 15.4 Å². The molecule has 0 spiro atoms. The largest absolute Gasteiger partial charge is 0.484 e. The quantitative estimate of drug-likeness (QED) is 0.786. The normalized spacial score (nSPS) is 16.6. The number of nitrogens with one attached hydrogen (secondary N) is 2. The molecule has 2 rings (SSSR count). The SMILES string of the molecule is CC1(C)NC(=O)N(CC(=O)Nc2ccc(OCC(F)(F)F)cc2)C1=O. The van der Waals surface area contributed by atoms with Crippen LogP contribution < -0.4 is 15.4 Å². The molecule has 1 aromatic rings. The van der Waals surface area contributed by atoms with Crippen molar-refractivity contribution in [1.29, 1.82) is 0 Å². The minimum Gasteiger partial charge on any atom is -0.484 e. The number of carbonyl (C=O) groups excluding carboxylic acids is 3. The summed E-state index contributed by atoms with van der Waals surface area (Å²) in [5.74, 6) is -1.15. The molecule has 2 N–H and O–H groups in total. The molecule has 0 aliphatic carbocycles. The van der Waals surface area contributed by atoms with E-state index >= 15 is 0 Å². The number of carbonyl (C=O) groups is 3. The van der Waals surface area contributed by atoms with Crippen LogP contribution in [0.15, 0.2) is 24.3 Å². The Morgan fingerprint density at radius 1 is 1.24 bits per heavy atom. The molecule has 0 radical (unpaired) electrons. The Balaban J connectivity index is 1.91. The number of hydrogen-bond donors (Lipinski definition) is 2. The first-order valence-electron chi connectivity index (χ1n) is 7.21. The third-order valence-electron chi connectivity index (χ3n) is 3.29. The fraction of sp³-hybridized carbons (Fsp3) is 0.400. The number of benzene rings is 1. The highest BCUT2D eigenvalue weighted by atomic mass is 19.4. The minimum absolute atomic E-state index is 0.00817. The van der Waals surface area contributed by atoms with Gasteiger partial charge in [-0.3, -0.25) is 14.5 Å². The van der Waals surface area contributed by atoms with Gasteiger partial charge in [0.15, 0.2) is 6.61 Å². The molecular weight excluding hydrogens is 343 g/mol. The van der Waals surface area contributed by atoms with Crippen LogP contribution in [0.5, 0.6) is 5.75 Å². The van der Waals surface area contributed by atoms with E-state index in [1.165, 1.54) is 38.1 Å². The monoisotopic (exact) mass is 359 g/mol. The van der Waals surface area contributed by atoms with E-state index in [9.17, 15) is 27.6 Å². The third kappa shape index (κ3) is 4.85. The number of hydrogen-bond acceptors (Lipinski definition) is 4. The number of amides is 4. The first-order chi connectivity index (χ1) is 11.5. The fourth-order valence-electron chi connectivity index (χ4n) is 2.11. The molecule has 7 nitrogen and oxygen atoms in total. The lowest BCUT2D eigenvalue weighted by Gasteiger charge is -2.15. The Hall–Kier alpha value is -2.78. The van der Waals surface area contributed by atoms with E-state index in [1.54, 1.807) is 0 Å². The van der Waals surface area contributed by atoms with Gasteiger partial charge in [-0.05, 0) is 38.1 Å². The van der Waals surface area contributed by atoms with E-state index in [0.29, 0.717) is 0 Å². The van der Waals surface area contributed by atoms with Crippen LogP contribution in [0.3, 0.4) is 0 Å². The number of halogens is 3. The molecule has 10 heteroatoms. The fourth-order valence-corrected chi connectivity index (χ4v) is 2.11. The number of urea groups is 1. The minimum atomic E-state index is -4.44. The Labute approximate surface area is 141 Å². The van der Waals surface area contributed by atoms with Gasteiger partial charge >= 0.3 is 12.2 Å². The van der Waals surface area contributed by atoms with Crippen molar-refractivity contribution in [2.24, 2.45) is 0 Å². The van der Waals surface area contributed by atoms with Gasteiger partial charge in [0.05, 0.1) is 0 Å². The summed E-state index contributed by atoms with van der Waals surface area (Å²) in [7, 11) is 0. The first kappa shape index (κ1) is 18.6. The van der Waals surface area contributed by atoms with Crippen molar-refractivity contribution in [3.8, 4) is 5.75 Å². The third-order valence-corrected chi connectivity index (χ3v) is 3.29. The standard InChI is InChI=1S/C15H16F3N3O4/c1-14(2)12(23)21(13(24)20-14)7-11(22)19-9-3-5-10(6-4-9)25-8-15(16,17)18/h3-6H,7-8H2,1-2H3,(H,19,22)(H,20,24). The van der Waals surface area contributed by atoms with Crippen molar-refractivity contribution in [3.05, 3.63) is 24.3 Å². The van der Waals surface area contributed by atoms with Gasteiger partial charge in [-0.1, -0.05) is 0 Å². The highest BCUT2D eigenvalue weighted by Gasteiger charge is 2.44. The van der Waals surface area contributed by atoms with Crippen LogP contribution in [0.4, 0.5) is 23.7 Å². The van der Waals surface area contributed by atoms with E-state index in [1.807, 2.05) is 0 Å². The molecule has 0 bridgehead atoms. The molecule has 0 atom stereocenters. The topological polar surface area (TPSA) is 87.7 Å². The molecule has 1 aliphatic rings. The average Bonchev–Trinajstić information content (AvgIpc) is 2.68. The van der Waals surface area contributed by atoms with E-state index in [-0.39, 0.29) is 11.4 Å². The van der Waals surface area contributed by atoms with E-state index in [2.05, 4.69) is 15.4 Å². The van der Waals surface area contributed by atoms with Gasteiger partial charge in [0.2, 0.25) is 5.91 Å². The van der Waals surface area contributed by atoms with E-state index in [4.69, 9.17) is 0 Å². The Morgan fingerprint density at radius 3 is 2.32 bits per heavy atom. The molecular formula is C15H16F3N3O4. The second-order valence-electron chi connectivity index (χ2n) is 5.92. The molecule has 1 heterocycles. The van der Waals surface area contributed by atoms with Crippen molar-refractivity contribution in [2.45, 2.75) is 25.6 Å². The van der Waals surface area contributed by atoms with Crippen LogP contribution in [0.1, 0.15) is 13.8 Å². The second-order valence-corrected chi connectivity index (χ2v) is 5.92. The maximum atomic E-state index is 12.1. The molecule has 1 aromatic carbocycles. The molecule has 1 aliphatic heterocycles. The highest BCUT2D eigenvalue weighted by molar-refractivity contribution is 6.09. The van der Waals surface area contributed by atoms with Crippen molar-refractivity contribution in [1.82, 2.24) is 10.2 Å². The molecule has 0 saturated carbocycles. The molecule has 4 amide bonds. The number of imide groups is 1. The second kappa shape index (κ2) is 6.61. The summed E-state index contributed by atoms with van der Waals surface area (Å²) < 4.78 is 40.7. The van der Waals surface area contributed by atoms with Crippen LogP contribution in [-0.4, -0.2) is 47.6 Å². The predicted molar refractivity (Wildman–Crippen MR) is 80.9 cm³/mol. The van der Waals surface area contributed by atoms with Crippen molar-refractivity contribution >= 4 is 23.5 Å². The Bertz CT molecular complexity index is 686. The van der Waals surface area contributed by atoms with Crippen LogP contribution in [0.25, 0.3) is 0 Å². The number of alkyl halides is 3. The van der Waals surface area contributed by atoms with Crippen molar-refractivity contribution in [3.63, 3.8) is 0 Å². The van der Waals surface area contributed by atoms with Crippen LogP contribution in [0.2, 0.25) is 0 Å². The maximum absolute atomic E-state index is 12.1. The average molecular weight is 359 g/mol. The van der Waals surface area contributed by atoms with Crippen LogP contribution in [-0.2, 0) is 9.59 Å². The molecule has 0 unspecified atom stereocenters. The number of ether oxygens (including phenoxy) is 1. The lowest BCUT2D eigenvalue weighted by molar-refractivity contribution is -0.153. The lowest BCUT2D eigenvalue weighted by atomic mass is 10.1. The number of nitrogens with zero attached hydrogens (tertiary/aromatic N) is 1. The molecule has 25 heavy (non-hydrogen) atoms. The zero-order chi connectivity index (χ0) is 18.8. The zero-order valence-corrected chi connectivity index (χ0v) is 13.4. The molecule has 0 aromatic heterocycles. The van der Waals surface area contributed by atoms with Crippen LogP contribution >= 0.6 is 0 Å². The summed E-state index contributed by atoms with van der Waals surface area (Å²) in [6.45, 7) is 1.15. The van der Waals surface area contributed by atoms with Gasteiger partial charge in [-0.25, -0.2) is 4.79 Å². The Kier molecular flexibility index (Phi) is 4.91. The smallest absolute Gasteiger partial charge is 0.422 e. The first-order valence-corrected chi connectivity index (χ1v) is 7.21. The number of rotatable bonds is 5. The predicted octanol–water partition coefficient (Wildman–Crippen LogP) is 1.90. The highest BCUT2D eigenvalue weighted by Crippen LogP contribution is 2.21. The van der Waals surface area contributed by atoms with E-state index < -0.39 is 42.7 Å². The maximum Gasteiger partial charge on any atom is 0.422 e. The van der Waals surface area contributed by atoms with Gasteiger partial charge in [0.25, 0.3) is 5.91 Å². The summed E-state index contributed by atoms with van der Waals surface area (Å²) in [5.41, 5.74) is -0.787. The Morgan fingerprint density at radius 2 is 1.84 bits per heavy atom. The van der Waals surface area contributed by atoms with E-state index in [0.717, 1.165) is 4.90 Å². The van der Waals surface area contributed by atoms with Gasteiger partial charge in [-0.15, -0.1) is 0 Å². The van der Waals surface area contributed by atoms with Gasteiger partial charge in [-0.2, -0.15) is 13.2 Å². The summed E-state index contributed by atoms with van der Waals surface area (Å²) in [6.07, 6.45) is -4.44.